The first-order chi connectivity index (χ1) is 11.2. The van der Waals surface area contributed by atoms with E-state index >= 15 is 0 Å². The molecule has 4 heteroatoms. The SMILES string of the molecule is [CH2][C@H](CCCc1ccccc1)[C@H]([CH2])N(C=O)OC1CCCCO1. The first-order valence-corrected chi connectivity index (χ1v) is 8.43. The summed E-state index contributed by atoms with van der Waals surface area (Å²) in [6.45, 7) is 8.88. The molecule has 0 spiro atoms. The summed E-state index contributed by atoms with van der Waals surface area (Å²) in [5.41, 5.74) is 1.32. The molecule has 1 unspecified atom stereocenters. The quantitative estimate of drug-likeness (QED) is 0.516. The zero-order chi connectivity index (χ0) is 16.5. The summed E-state index contributed by atoms with van der Waals surface area (Å²) in [5.74, 6) is 0.0208. The van der Waals surface area contributed by atoms with Crippen LogP contribution in [0.5, 0.6) is 0 Å². The third-order valence-electron chi connectivity index (χ3n) is 4.24. The number of rotatable bonds is 9. The van der Waals surface area contributed by atoms with Gasteiger partial charge in [0.25, 0.3) is 0 Å². The predicted molar refractivity (Wildman–Crippen MR) is 90.0 cm³/mol. The molecule has 2 rings (SSSR count). The van der Waals surface area contributed by atoms with Gasteiger partial charge in [-0.1, -0.05) is 30.3 Å². The van der Waals surface area contributed by atoms with Gasteiger partial charge in [0.05, 0.1) is 6.04 Å². The van der Waals surface area contributed by atoms with E-state index in [0.717, 1.165) is 38.5 Å². The van der Waals surface area contributed by atoms with Crippen LogP contribution in [-0.2, 0) is 20.8 Å². The highest BCUT2D eigenvalue weighted by Gasteiger charge is 2.24. The van der Waals surface area contributed by atoms with Crippen molar-refractivity contribution < 1.29 is 14.4 Å². The van der Waals surface area contributed by atoms with Gasteiger partial charge in [-0.2, -0.15) is 0 Å². The van der Waals surface area contributed by atoms with Crippen molar-refractivity contribution in [2.45, 2.75) is 50.9 Å². The number of ether oxygens (including phenoxy) is 1. The molecule has 2 radical (unpaired) electrons. The predicted octanol–water partition coefficient (Wildman–Crippen LogP) is 3.58. The lowest BCUT2D eigenvalue weighted by Crippen LogP contribution is -2.41. The fourth-order valence-electron chi connectivity index (χ4n) is 2.72. The highest BCUT2D eigenvalue weighted by Crippen LogP contribution is 2.20. The second-order valence-corrected chi connectivity index (χ2v) is 6.07. The van der Waals surface area contributed by atoms with Crippen molar-refractivity contribution in [1.82, 2.24) is 5.06 Å². The lowest BCUT2D eigenvalue weighted by atomic mass is 9.95. The van der Waals surface area contributed by atoms with Gasteiger partial charge in [0, 0.05) is 13.0 Å². The zero-order valence-electron chi connectivity index (χ0n) is 13.7. The van der Waals surface area contributed by atoms with Crippen molar-refractivity contribution in [3.63, 3.8) is 0 Å². The van der Waals surface area contributed by atoms with Crippen molar-refractivity contribution in [3.05, 3.63) is 49.7 Å². The van der Waals surface area contributed by atoms with Gasteiger partial charge in [0.1, 0.15) is 0 Å². The Balaban J connectivity index is 1.74. The minimum absolute atomic E-state index is 0.0208. The molecule has 126 valence electrons. The zero-order valence-corrected chi connectivity index (χ0v) is 13.7. The van der Waals surface area contributed by atoms with Crippen LogP contribution in [0.15, 0.2) is 30.3 Å². The summed E-state index contributed by atoms with van der Waals surface area (Å²) < 4.78 is 5.51. The molecule has 23 heavy (non-hydrogen) atoms. The van der Waals surface area contributed by atoms with Crippen LogP contribution in [0.1, 0.15) is 37.7 Å². The molecule has 0 bridgehead atoms. The van der Waals surface area contributed by atoms with E-state index in [1.54, 1.807) is 0 Å². The van der Waals surface area contributed by atoms with E-state index in [9.17, 15) is 4.79 Å². The molecule has 0 aliphatic carbocycles. The second-order valence-electron chi connectivity index (χ2n) is 6.07. The van der Waals surface area contributed by atoms with Gasteiger partial charge in [-0.3, -0.25) is 4.79 Å². The number of hydroxylamine groups is 2. The van der Waals surface area contributed by atoms with E-state index in [4.69, 9.17) is 9.57 Å². The first kappa shape index (κ1) is 18.0. The summed E-state index contributed by atoms with van der Waals surface area (Å²) in [5, 5.41) is 1.27. The summed E-state index contributed by atoms with van der Waals surface area (Å²) >= 11 is 0. The Bertz CT molecular complexity index is 445. The van der Waals surface area contributed by atoms with Gasteiger partial charge in [-0.05, 0) is 57.4 Å². The Labute approximate surface area is 139 Å². The molecule has 1 aliphatic rings. The number of benzene rings is 1. The molecule has 0 aromatic heterocycles. The van der Waals surface area contributed by atoms with Gasteiger partial charge in [-0.25, -0.2) is 9.90 Å². The lowest BCUT2D eigenvalue weighted by Gasteiger charge is -2.33. The monoisotopic (exact) mass is 317 g/mol. The van der Waals surface area contributed by atoms with Gasteiger partial charge >= 0.3 is 0 Å². The molecule has 1 aromatic rings. The van der Waals surface area contributed by atoms with E-state index in [0.29, 0.717) is 13.0 Å². The molecule has 1 saturated heterocycles. The number of amides is 1. The Hall–Kier alpha value is -1.39. The highest BCUT2D eigenvalue weighted by atomic mass is 16.8. The maximum Gasteiger partial charge on any atom is 0.233 e. The smallest absolute Gasteiger partial charge is 0.233 e. The van der Waals surface area contributed by atoms with Crippen LogP contribution in [0.3, 0.4) is 0 Å². The van der Waals surface area contributed by atoms with Crippen molar-refractivity contribution in [3.8, 4) is 0 Å². The molecular weight excluding hydrogens is 290 g/mol. The Morgan fingerprint density at radius 1 is 1.30 bits per heavy atom. The number of hydrogen-bond acceptors (Lipinski definition) is 3. The molecule has 1 fully saturated rings. The molecule has 1 amide bonds. The van der Waals surface area contributed by atoms with Crippen LogP contribution in [0.25, 0.3) is 0 Å². The van der Waals surface area contributed by atoms with Crippen molar-refractivity contribution in [1.29, 1.82) is 0 Å². The fourth-order valence-corrected chi connectivity index (χ4v) is 2.72. The van der Waals surface area contributed by atoms with Gasteiger partial charge in [0.2, 0.25) is 6.41 Å². The van der Waals surface area contributed by atoms with Crippen LogP contribution < -0.4 is 0 Å². The Morgan fingerprint density at radius 2 is 2.09 bits per heavy atom. The fraction of sp³-hybridized carbons (Fsp3) is 0.526. The third-order valence-corrected chi connectivity index (χ3v) is 4.24. The van der Waals surface area contributed by atoms with Crippen molar-refractivity contribution >= 4 is 6.41 Å². The maximum absolute atomic E-state index is 11.3. The number of aryl methyl sites for hydroxylation is 1. The third kappa shape index (κ3) is 5.96. The average molecular weight is 317 g/mol. The van der Waals surface area contributed by atoms with Crippen LogP contribution in [0, 0.1) is 19.8 Å². The molecule has 0 N–H and O–H groups in total. The summed E-state index contributed by atoms with van der Waals surface area (Å²) in [7, 11) is 0. The van der Waals surface area contributed by atoms with Crippen molar-refractivity contribution in [2.75, 3.05) is 6.61 Å². The number of carbonyl (C=O) groups excluding carboxylic acids is 1. The van der Waals surface area contributed by atoms with Crippen LogP contribution in [0.4, 0.5) is 0 Å². The van der Waals surface area contributed by atoms with Gasteiger partial charge in [-0.15, -0.1) is 0 Å². The van der Waals surface area contributed by atoms with E-state index < -0.39 is 0 Å². The first-order valence-electron chi connectivity index (χ1n) is 8.43. The molecule has 4 nitrogen and oxygen atoms in total. The van der Waals surface area contributed by atoms with Crippen LogP contribution in [0.2, 0.25) is 0 Å². The minimum Gasteiger partial charge on any atom is -0.350 e. The lowest BCUT2D eigenvalue weighted by molar-refractivity contribution is -0.284. The molecule has 0 saturated carbocycles. The van der Waals surface area contributed by atoms with E-state index in [-0.39, 0.29) is 18.2 Å². The topological polar surface area (TPSA) is 38.8 Å². The van der Waals surface area contributed by atoms with Gasteiger partial charge < -0.3 is 4.74 Å². The molecule has 1 heterocycles. The Morgan fingerprint density at radius 3 is 2.74 bits per heavy atom. The van der Waals surface area contributed by atoms with Gasteiger partial charge in [0.15, 0.2) is 6.29 Å². The Kier molecular flexibility index (Phi) is 7.56. The summed E-state index contributed by atoms with van der Waals surface area (Å²) in [4.78, 5) is 16.9. The largest absolute Gasteiger partial charge is 0.350 e. The standard InChI is InChI=1S/C19H27NO3/c1-16(9-8-12-18-10-4-3-5-11-18)17(2)20(15-21)23-19-13-6-7-14-22-19/h3-5,10-11,15-17,19H,1-2,6-9,12-14H2/t16-,17+,19?/m1/s1. The van der Waals surface area contributed by atoms with Crippen LogP contribution >= 0.6 is 0 Å². The minimum atomic E-state index is -0.338. The average Bonchev–Trinajstić information content (AvgIpc) is 2.60. The summed E-state index contributed by atoms with van der Waals surface area (Å²) in [6, 6.07) is 10.1. The van der Waals surface area contributed by atoms with Crippen molar-refractivity contribution in [2.24, 2.45) is 5.92 Å². The van der Waals surface area contributed by atoms with E-state index in [1.165, 1.54) is 10.6 Å². The van der Waals surface area contributed by atoms with E-state index in [2.05, 4.69) is 26.0 Å². The number of hydrogen-bond donors (Lipinski definition) is 0. The molecule has 1 aliphatic heterocycles. The molecular formula is C19H27NO3. The molecule has 1 aromatic carbocycles. The molecule has 3 atom stereocenters. The summed E-state index contributed by atoms with van der Waals surface area (Å²) in [6.07, 6.45) is 6.18. The maximum atomic E-state index is 11.3. The normalized spacial score (nSPS) is 20.7. The number of nitrogens with zero attached hydrogens (tertiary/aromatic N) is 1. The van der Waals surface area contributed by atoms with Crippen LogP contribution in [-0.4, -0.2) is 30.4 Å². The number of carbonyl (C=O) groups is 1. The second kappa shape index (κ2) is 9.68. The van der Waals surface area contributed by atoms with E-state index in [1.807, 2.05) is 18.2 Å². The highest BCUT2D eigenvalue weighted by molar-refractivity contribution is 5.46.